The van der Waals surface area contributed by atoms with Crippen molar-refractivity contribution in [2.24, 2.45) is 0 Å². The number of ether oxygens (including phenoxy) is 1. The third-order valence-corrected chi connectivity index (χ3v) is 7.72. The average molecular weight is 501 g/mol. The first-order valence-electron chi connectivity index (χ1n) is 13.7. The second-order valence-corrected chi connectivity index (χ2v) is 10.3. The van der Waals surface area contributed by atoms with E-state index in [-0.39, 0.29) is 24.4 Å². The van der Waals surface area contributed by atoms with Gasteiger partial charge in [0.25, 0.3) is 0 Å². The standard InChI is InChI=1S/C32H36O5/c33-29(27-15-11-25(12-16-27)23-7-3-1-4-8-23)19-21-31(35)37-32(36)22-20-30(34)28-17-13-26(14-18-28)24-9-5-2-6-10-24/h11-19,21,23-24H,1-10,20,22H2. The van der Waals surface area contributed by atoms with E-state index in [4.69, 9.17) is 4.74 Å². The van der Waals surface area contributed by atoms with Crippen LogP contribution in [-0.2, 0) is 14.3 Å². The molecule has 0 bridgehead atoms. The van der Waals surface area contributed by atoms with Crippen molar-refractivity contribution in [1.29, 1.82) is 0 Å². The molecule has 2 aromatic carbocycles. The third kappa shape index (κ3) is 7.82. The molecule has 0 aliphatic heterocycles. The zero-order valence-corrected chi connectivity index (χ0v) is 21.5. The number of hydrogen-bond donors (Lipinski definition) is 0. The average Bonchev–Trinajstić information content (AvgIpc) is 2.95. The molecule has 2 saturated carbocycles. The largest absolute Gasteiger partial charge is 0.390 e. The van der Waals surface area contributed by atoms with Crippen LogP contribution in [0.15, 0.2) is 60.7 Å². The molecule has 2 fully saturated rings. The van der Waals surface area contributed by atoms with Gasteiger partial charge in [-0.1, -0.05) is 87.1 Å². The van der Waals surface area contributed by atoms with Crippen LogP contribution in [0.4, 0.5) is 0 Å². The van der Waals surface area contributed by atoms with Gasteiger partial charge in [0.2, 0.25) is 0 Å². The molecule has 2 aromatic rings. The lowest BCUT2D eigenvalue weighted by Gasteiger charge is -2.22. The van der Waals surface area contributed by atoms with E-state index in [0.717, 1.165) is 12.2 Å². The number of hydrogen-bond acceptors (Lipinski definition) is 5. The monoisotopic (exact) mass is 500 g/mol. The topological polar surface area (TPSA) is 77.5 Å². The van der Waals surface area contributed by atoms with Gasteiger partial charge in [0.15, 0.2) is 11.6 Å². The lowest BCUT2D eigenvalue weighted by Crippen LogP contribution is -2.12. The summed E-state index contributed by atoms with van der Waals surface area (Å²) in [5, 5.41) is 0. The minimum Gasteiger partial charge on any atom is -0.390 e. The van der Waals surface area contributed by atoms with Gasteiger partial charge in [-0.25, -0.2) is 4.79 Å². The molecule has 0 heterocycles. The van der Waals surface area contributed by atoms with Gasteiger partial charge in [-0.3, -0.25) is 14.4 Å². The Balaban J connectivity index is 1.20. The van der Waals surface area contributed by atoms with E-state index in [1.165, 1.54) is 75.3 Å². The van der Waals surface area contributed by atoms with Crippen LogP contribution in [0.3, 0.4) is 0 Å². The molecule has 5 heteroatoms. The van der Waals surface area contributed by atoms with Crippen molar-refractivity contribution in [3.05, 3.63) is 82.9 Å². The second-order valence-electron chi connectivity index (χ2n) is 10.3. The van der Waals surface area contributed by atoms with Crippen LogP contribution in [0.25, 0.3) is 0 Å². The van der Waals surface area contributed by atoms with Crippen LogP contribution in [0.5, 0.6) is 0 Å². The van der Waals surface area contributed by atoms with Gasteiger partial charge >= 0.3 is 11.9 Å². The number of ketones is 2. The van der Waals surface area contributed by atoms with Crippen molar-refractivity contribution < 1.29 is 23.9 Å². The predicted molar refractivity (Wildman–Crippen MR) is 143 cm³/mol. The number of carbonyl (C=O) groups excluding carboxylic acids is 4. The number of carbonyl (C=O) groups is 4. The van der Waals surface area contributed by atoms with E-state index in [1.54, 1.807) is 12.1 Å². The molecule has 5 nitrogen and oxygen atoms in total. The lowest BCUT2D eigenvalue weighted by atomic mass is 9.84. The predicted octanol–water partition coefficient (Wildman–Crippen LogP) is 7.25. The fraction of sp³-hybridized carbons (Fsp3) is 0.438. The quantitative estimate of drug-likeness (QED) is 0.157. The lowest BCUT2D eigenvalue weighted by molar-refractivity contribution is -0.156. The van der Waals surface area contributed by atoms with Gasteiger partial charge in [-0.15, -0.1) is 0 Å². The first-order valence-corrected chi connectivity index (χ1v) is 13.7. The Bertz CT molecular complexity index is 1110. The Morgan fingerprint density at radius 3 is 1.62 bits per heavy atom. The SMILES string of the molecule is O=C(C=CC(=O)c1ccc(C2CCCCC2)cc1)OC(=O)CCC(=O)c1ccc(C2CCCCC2)cc1. The van der Waals surface area contributed by atoms with Crippen LogP contribution in [0.1, 0.15) is 121 Å². The van der Waals surface area contributed by atoms with Crippen LogP contribution in [0, 0.1) is 0 Å². The highest BCUT2D eigenvalue weighted by Gasteiger charge is 2.18. The maximum atomic E-state index is 12.5. The summed E-state index contributed by atoms with van der Waals surface area (Å²) < 4.78 is 4.75. The van der Waals surface area contributed by atoms with Gasteiger partial charge in [0, 0.05) is 23.6 Å². The number of esters is 2. The summed E-state index contributed by atoms with van der Waals surface area (Å²) in [6.45, 7) is 0. The minimum atomic E-state index is -0.915. The fourth-order valence-corrected chi connectivity index (χ4v) is 5.53. The summed E-state index contributed by atoms with van der Waals surface area (Å²) in [4.78, 5) is 48.9. The van der Waals surface area contributed by atoms with Crippen molar-refractivity contribution in [3.63, 3.8) is 0 Å². The summed E-state index contributed by atoms with van der Waals surface area (Å²) in [5.74, 6) is -1.07. The summed E-state index contributed by atoms with van der Waals surface area (Å²) in [7, 11) is 0. The zero-order chi connectivity index (χ0) is 26.0. The van der Waals surface area contributed by atoms with Crippen molar-refractivity contribution in [2.45, 2.75) is 88.9 Å². The van der Waals surface area contributed by atoms with Crippen LogP contribution in [-0.4, -0.2) is 23.5 Å². The van der Waals surface area contributed by atoms with E-state index in [9.17, 15) is 19.2 Å². The van der Waals surface area contributed by atoms with Gasteiger partial charge in [-0.2, -0.15) is 0 Å². The fourth-order valence-electron chi connectivity index (χ4n) is 5.53. The highest BCUT2D eigenvalue weighted by molar-refractivity contribution is 6.07. The number of benzene rings is 2. The molecule has 0 spiro atoms. The molecule has 194 valence electrons. The highest BCUT2D eigenvalue weighted by Crippen LogP contribution is 2.33. The highest BCUT2D eigenvalue weighted by atomic mass is 16.6. The van der Waals surface area contributed by atoms with Gasteiger partial charge in [-0.05, 0) is 54.7 Å². The molecule has 0 unspecified atom stereocenters. The van der Waals surface area contributed by atoms with E-state index in [0.29, 0.717) is 23.0 Å². The smallest absolute Gasteiger partial charge is 0.338 e. The van der Waals surface area contributed by atoms with Crippen molar-refractivity contribution in [3.8, 4) is 0 Å². The zero-order valence-electron chi connectivity index (χ0n) is 21.5. The first-order chi connectivity index (χ1) is 18.0. The molecule has 2 aliphatic rings. The summed E-state index contributed by atoms with van der Waals surface area (Å²) in [6.07, 6.45) is 14.2. The number of rotatable bonds is 9. The van der Waals surface area contributed by atoms with Crippen LogP contribution in [0.2, 0.25) is 0 Å². The van der Waals surface area contributed by atoms with E-state index < -0.39 is 11.9 Å². The molecule has 0 atom stereocenters. The number of allylic oxidation sites excluding steroid dienone is 1. The van der Waals surface area contributed by atoms with Gasteiger partial charge < -0.3 is 4.74 Å². The van der Waals surface area contributed by atoms with E-state index >= 15 is 0 Å². The normalized spacial score (nSPS) is 17.0. The van der Waals surface area contributed by atoms with Crippen molar-refractivity contribution in [2.75, 3.05) is 0 Å². The van der Waals surface area contributed by atoms with E-state index in [2.05, 4.69) is 0 Å². The molecule has 4 rings (SSSR count). The Morgan fingerprint density at radius 2 is 1.11 bits per heavy atom. The second kappa shape index (κ2) is 13.3. The molecule has 0 aromatic heterocycles. The van der Waals surface area contributed by atoms with Crippen molar-refractivity contribution in [1.82, 2.24) is 0 Å². The molecule has 2 aliphatic carbocycles. The van der Waals surface area contributed by atoms with Crippen LogP contribution >= 0.6 is 0 Å². The maximum Gasteiger partial charge on any atom is 0.338 e. The molecule has 0 amide bonds. The number of Topliss-reactive ketones (excluding diaryl/α,β-unsaturated/α-hetero) is 1. The van der Waals surface area contributed by atoms with Crippen LogP contribution < -0.4 is 0 Å². The first kappa shape index (κ1) is 26.7. The Labute approximate surface area is 219 Å². The summed E-state index contributed by atoms with van der Waals surface area (Å²) in [5.41, 5.74) is 3.55. The van der Waals surface area contributed by atoms with Gasteiger partial charge in [0.05, 0.1) is 6.42 Å². The molecule has 0 radical (unpaired) electrons. The minimum absolute atomic E-state index is 0.0368. The molecule has 0 N–H and O–H groups in total. The molecule has 0 saturated heterocycles. The Kier molecular flexibility index (Phi) is 9.58. The van der Waals surface area contributed by atoms with E-state index in [1.807, 2.05) is 36.4 Å². The summed E-state index contributed by atoms with van der Waals surface area (Å²) >= 11 is 0. The molecular weight excluding hydrogens is 464 g/mol. The van der Waals surface area contributed by atoms with Crippen molar-refractivity contribution >= 4 is 23.5 Å². The Morgan fingerprint density at radius 1 is 0.622 bits per heavy atom. The van der Waals surface area contributed by atoms with Gasteiger partial charge in [0.1, 0.15) is 0 Å². The Hall–Kier alpha value is -3.34. The summed E-state index contributed by atoms with van der Waals surface area (Å²) in [6, 6.07) is 15.2. The molecule has 37 heavy (non-hydrogen) atoms. The third-order valence-electron chi connectivity index (χ3n) is 7.72. The molecular formula is C32H36O5. The maximum absolute atomic E-state index is 12.5.